The van der Waals surface area contributed by atoms with Crippen molar-refractivity contribution in [2.45, 2.75) is 32.2 Å². The van der Waals surface area contributed by atoms with E-state index in [1.807, 2.05) is 25.4 Å². The summed E-state index contributed by atoms with van der Waals surface area (Å²) < 4.78 is 0. The van der Waals surface area contributed by atoms with Gasteiger partial charge in [0.25, 0.3) is 0 Å². The van der Waals surface area contributed by atoms with Gasteiger partial charge in [-0.05, 0) is 50.6 Å². The van der Waals surface area contributed by atoms with Gasteiger partial charge in [0.15, 0.2) is 5.96 Å². The molecule has 1 aromatic carbocycles. The molecule has 1 unspecified atom stereocenters. The lowest BCUT2D eigenvalue weighted by Crippen LogP contribution is -2.43. The molecule has 1 saturated heterocycles. The average Bonchev–Trinajstić information content (AvgIpc) is 3.23. The van der Waals surface area contributed by atoms with E-state index in [0.29, 0.717) is 6.04 Å². The first kappa shape index (κ1) is 22.6. The fraction of sp³-hybridized carbons (Fsp3) is 0.455. The second kappa shape index (κ2) is 12.0. The van der Waals surface area contributed by atoms with E-state index < -0.39 is 0 Å². The van der Waals surface area contributed by atoms with Gasteiger partial charge >= 0.3 is 0 Å². The van der Waals surface area contributed by atoms with Crippen molar-refractivity contribution in [3.63, 3.8) is 0 Å². The molecular formula is C22H32IN5. The summed E-state index contributed by atoms with van der Waals surface area (Å²) in [4.78, 5) is 11.3. The van der Waals surface area contributed by atoms with Crippen LogP contribution in [0.15, 0.2) is 53.7 Å². The Balaban J connectivity index is 0.00000280. The van der Waals surface area contributed by atoms with Crippen LogP contribution in [-0.4, -0.2) is 49.1 Å². The lowest BCUT2D eigenvalue weighted by Gasteiger charge is -2.29. The van der Waals surface area contributed by atoms with E-state index in [9.17, 15) is 0 Å². The number of benzene rings is 1. The third kappa shape index (κ3) is 6.74. The molecule has 0 spiro atoms. The number of hydrogen-bond donors (Lipinski definition) is 2. The molecule has 1 fully saturated rings. The normalized spacial score (nSPS) is 15.7. The van der Waals surface area contributed by atoms with E-state index in [4.69, 9.17) is 0 Å². The molecule has 0 bridgehead atoms. The highest BCUT2D eigenvalue weighted by molar-refractivity contribution is 14.0. The number of guanidine groups is 1. The number of halogens is 1. The number of aryl methyl sites for hydroxylation is 1. The number of pyridine rings is 1. The summed E-state index contributed by atoms with van der Waals surface area (Å²) in [6, 6.07) is 15.3. The fourth-order valence-corrected chi connectivity index (χ4v) is 3.57. The molecule has 5 nitrogen and oxygen atoms in total. The Hall–Kier alpha value is -1.67. The van der Waals surface area contributed by atoms with Crippen LogP contribution in [0, 0.1) is 6.92 Å². The van der Waals surface area contributed by atoms with Crippen LogP contribution < -0.4 is 10.6 Å². The van der Waals surface area contributed by atoms with Crippen LogP contribution >= 0.6 is 24.0 Å². The third-order valence-corrected chi connectivity index (χ3v) is 5.13. The molecule has 2 heterocycles. The zero-order valence-electron chi connectivity index (χ0n) is 16.9. The summed E-state index contributed by atoms with van der Waals surface area (Å²) in [5, 5.41) is 6.93. The average molecular weight is 493 g/mol. The molecule has 2 aromatic rings. The van der Waals surface area contributed by atoms with Crippen molar-refractivity contribution in [1.82, 2.24) is 20.5 Å². The highest BCUT2D eigenvalue weighted by Crippen LogP contribution is 2.24. The molecule has 152 valence electrons. The molecule has 3 rings (SSSR count). The number of hydrogen-bond acceptors (Lipinski definition) is 3. The van der Waals surface area contributed by atoms with E-state index in [1.54, 1.807) is 0 Å². The van der Waals surface area contributed by atoms with Gasteiger partial charge in [-0.1, -0.05) is 35.9 Å². The van der Waals surface area contributed by atoms with Gasteiger partial charge in [-0.15, -0.1) is 24.0 Å². The van der Waals surface area contributed by atoms with Crippen LogP contribution in [0.2, 0.25) is 0 Å². The Morgan fingerprint density at radius 2 is 1.86 bits per heavy atom. The van der Waals surface area contributed by atoms with Crippen molar-refractivity contribution in [2.75, 3.05) is 33.2 Å². The lowest BCUT2D eigenvalue weighted by atomic mass is 10.0. The number of nitrogens with one attached hydrogen (secondary N) is 2. The van der Waals surface area contributed by atoms with Gasteiger partial charge in [0.1, 0.15) is 0 Å². The monoisotopic (exact) mass is 493 g/mol. The second-order valence-corrected chi connectivity index (χ2v) is 7.12. The highest BCUT2D eigenvalue weighted by atomic mass is 127. The van der Waals surface area contributed by atoms with Crippen molar-refractivity contribution in [3.05, 3.63) is 65.5 Å². The Morgan fingerprint density at radius 3 is 2.50 bits per heavy atom. The summed E-state index contributed by atoms with van der Waals surface area (Å²) in [5.74, 6) is 0.849. The number of rotatable bonds is 7. The molecule has 28 heavy (non-hydrogen) atoms. The molecule has 1 aromatic heterocycles. The molecule has 6 heteroatoms. The summed E-state index contributed by atoms with van der Waals surface area (Å²) in [6.07, 6.45) is 5.30. The summed E-state index contributed by atoms with van der Waals surface area (Å²) >= 11 is 0. The SMILES string of the molecule is CN=C(NCCc1ccccn1)NCC(c1ccc(C)cc1)N1CCCC1.I. The predicted molar refractivity (Wildman–Crippen MR) is 127 cm³/mol. The lowest BCUT2D eigenvalue weighted by molar-refractivity contribution is 0.245. The van der Waals surface area contributed by atoms with Crippen LogP contribution in [0.3, 0.4) is 0 Å². The van der Waals surface area contributed by atoms with Crippen LogP contribution in [0.5, 0.6) is 0 Å². The second-order valence-electron chi connectivity index (χ2n) is 7.12. The van der Waals surface area contributed by atoms with Crippen molar-refractivity contribution >= 4 is 29.9 Å². The smallest absolute Gasteiger partial charge is 0.191 e. The molecule has 2 N–H and O–H groups in total. The topological polar surface area (TPSA) is 52.6 Å². The summed E-state index contributed by atoms with van der Waals surface area (Å²) in [7, 11) is 1.83. The highest BCUT2D eigenvalue weighted by Gasteiger charge is 2.23. The van der Waals surface area contributed by atoms with Crippen molar-refractivity contribution in [3.8, 4) is 0 Å². The molecule has 0 amide bonds. The van der Waals surface area contributed by atoms with Crippen LogP contribution in [-0.2, 0) is 6.42 Å². The molecule has 1 aliphatic rings. The van der Waals surface area contributed by atoms with Gasteiger partial charge < -0.3 is 10.6 Å². The Morgan fingerprint density at radius 1 is 1.11 bits per heavy atom. The molecule has 0 saturated carbocycles. The van der Waals surface area contributed by atoms with Gasteiger partial charge in [-0.25, -0.2) is 0 Å². The van der Waals surface area contributed by atoms with E-state index in [0.717, 1.165) is 31.2 Å². The predicted octanol–water partition coefficient (Wildman–Crippen LogP) is 3.55. The van der Waals surface area contributed by atoms with Gasteiger partial charge in [-0.2, -0.15) is 0 Å². The fourth-order valence-electron chi connectivity index (χ4n) is 3.57. The molecule has 1 atom stereocenters. The minimum absolute atomic E-state index is 0. The van der Waals surface area contributed by atoms with Crippen LogP contribution in [0.25, 0.3) is 0 Å². The Labute approximate surface area is 186 Å². The molecule has 0 aliphatic carbocycles. The maximum Gasteiger partial charge on any atom is 0.191 e. The molecular weight excluding hydrogens is 461 g/mol. The number of nitrogens with zero attached hydrogens (tertiary/aromatic N) is 3. The quantitative estimate of drug-likeness (QED) is 0.352. The Bertz CT molecular complexity index is 711. The van der Waals surface area contributed by atoms with Crippen molar-refractivity contribution in [1.29, 1.82) is 0 Å². The number of aromatic nitrogens is 1. The third-order valence-electron chi connectivity index (χ3n) is 5.13. The van der Waals surface area contributed by atoms with E-state index in [2.05, 4.69) is 62.8 Å². The minimum Gasteiger partial charge on any atom is -0.356 e. The Kier molecular flexibility index (Phi) is 9.70. The minimum atomic E-state index is 0. The van der Waals surface area contributed by atoms with Crippen molar-refractivity contribution < 1.29 is 0 Å². The van der Waals surface area contributed by atoms with Crippen LogP contribution in [0.1, 0.15) is 35.7 Å². The number of likely N-dealkylation sites (tertiary alicyclic amines) is 1. The van der Waals surface area contributed by atoms with E-state index in [1.165, 1.54) is 37.1 Å². The molecule has 1 aliphatic heterocycles. The van der Waals surface area contributed by atoms with Gasteiger partial charge in [0, 0.05) is 38.4 Å². The van der Waals surface area contributed by atoms with Gasteiger partial charge in [0.05, 0.1) is 6.04 Å². The largest absolute Gasteiger partial charge is 0.356 e. The first-order valence-electron chi connectivity index (χ1n) is 9.91. The summed E-state index contributed by atoms with van der Waals surface area (Å²) in [5.41, 5.74) is 3.77. The van der Waals surface area contributed by atoms with E-state index in [-0.39, 0.29) is 24.0 Å². The van der Waals surface area contributed by atoms with Crippen molar-refractivity contribution in [2.24, 2.45) is 4.99 Å². The zero-order chi connectivity index (χ0) is 18.9. The molecule has 0 radical (unpaired) electrons. The first-order valence-corrected chi connectivity index (χ1v) is 9.91. The first-order chi connectivity index (χ1) is 13.3. The summed E-state index contributed by atoms with van der Waals surface area (Å²) in [6.45, 7) is 6.15. The maximum absolute atomic E-state index is 4.38. The van der Waals surface area contributed by atoms with Crippen LogP contribution in [0.4, 0.5) is 0 Å². The number of aliphatic imine (C=N–C) groups is 1. The maximum atomic E-state index is 4.38. The zero-order valence-corrected chi connectivity index (χ0v) is 19.2. The van der Waals surface area contributed by atoms with E-state index >= 15 is 0 Å². The van der Waals surface area contributed by atoms with Gasteiger partial charge in [-0.3, -0.25) is 14.9 Å². The van der Waals surface area contributed by atoms with Gasteiger partial charge in [0.2, 0.25) is 0 Å². The standard InChI is InChI=1S/C22H31N5.HI/c1-18-8-10-19(11-9-18)21(27-15-5-6-16-27)17-26-22(23-2)25-14-12-20-7-3-4-13-24-20;/h3-4,7-11,13,21H,5-6,12,14-17H2,1-2H3,(H2,23,25,26);1H.